The topological polar surface area (TPSA) is 61.6 Å². The van der Waals surface area contributed by atoms with Crippen LogP contribution < -0.4 is 16.0 Å². The Kier molecular flexibility index (Phi) is 6.32. The zero-order valence-electron chi connectivity index (χ0n) is 14.2. The van der Waals surface area contributed by atoms with Crippen LogP contribution in [0, 0.1) is 0 Å². The molecule has 1 aliphatic rings. The lowest BCUT2D eigenvalue weighted by atomic mass is 10.1. The van der Waals surface area contributed by atoms with Crippen LogP contribution in [0.4, 0.5) is 11.4 Å². The predicted molar refractivity (Wildman–Crippen MR) is 116 cm³/mol. The molecule has 27 heavy (non-hydrogen) atoms. The summed E-state index contributed by atoms with van der Waals surface area (Å²) in [5.74, 6) is -0.136. The number of anilines is 2. The van der Waals surface area contributed by atoms with Crippen LogP contribution in [0.25, 0.3) is 0 Å². The Balaban J connectivity index is 1.75. The van der Waals surface area contributed by atoms with E-state index in [1.807, 2.05) is 18.2 Å². The first-order valence-corrected chi connectivity index (χ1v) is 9.75. The highest BCUT2D eigenvalue weighted by Crippen LogP contribution is 2.34. The van der Waals surface area contributed by atoms with E-state index >= 15 is 0 Å². The molecule has 1 amide bonds. The van der Waals surface area contributed by atoms with E-state index in [2.05, 4.69) is 10.2 Å². The molecule has 2 aromatic carbocycles. The minimum Gasteiger partial charge on any atom is -0.376 e. The third-order valence-corrected chi connectivity index (χ3v) is 5.26. The molecule has 1 aliphatic heterocycles. The number of nitrogens with one attached hydrogen (secondary N) is 1. The molecule has 0 saturated carbocycles. The van der Waals surface area contributed by atoms with Crippen LogP contribution >= 0.6 is 47.0 Å². The van der Waals surface area contributed by atoms with E-state index in [1.165, 1.54) is 0 Å². The second-order valence-electron chi connectivity index (χ2n) is 6.03. The van der Waals surface area contributed by atoms with Crippen molar-refractivity contribution in [1.82, 2.24) is 4.90 Å². The number of rotatable bonds is 3. The molecule has 1 heterocycles. The number of amides is 1. The van der Waals surface area contributed by atoms with E-state index in [9.17, 15) is 4.79 Å². The third-order valence-electron chi connectivity index (χ3n) is 4.29. The van der Waals surface area contributed by atoms with Crippen molar-refractivity contribution in [3.05, 3.63) is 57.0 Å². The van der Waals surface area contributed by atoms with Crippen LogP contribution in [0.5, 0.6) is 0 Å². The lowest BCUT2D eigenvalue weighted by Crippen LogP contribution is -2.49. The van der Waals surface area contributed by atoms with Crippen LogP contribution in [0.2, 0.25) is 15.1 Å². The predicted octanol–water partition coefficient (Wildman–Crippen LogP) is 4.26. The van der Waals surface area contributed by atoms with Gasteiger partial charge in [-0.25, -0.2) is 0 Å². The molecule has 0 radical (unpaired) electrons. The number of thiocarbonyl (C=S) groups is 1. The van der Waals surface area contributed by atoms with Crippen LogP contribution in [0.15, 0.2) is 36.4 Å². The van der Waals surface area contributed by atoms with Gasteiger partial charge in [-0.2, -0.15) is 0 Å². The number of nitrogens with zero attached hydrogens (tertiary/aromatic N) is 2. The summed E-state index contributed by atoms with van der Waals surface area (Å²) in [6.45, 7) is 2.28. The fourth-order valence-corrected chi connectivity index (χ4v) is 3.81. The molecule has 0 bridgehead atoms. The van der Waals surface area contributed by atoms with E-state index < -0.39 is 0 Å². The molecule has 0 atom stereocenters. The molecular formula is C18H17Cl3N4OS. The summed E-state index contributed by atoms with van der Waals surface area (Å²) in [5, 5.41) is 4.58. The highest BCUT2D eigenvalue weighted by Gasteiger charge is 2.26. The number of carbonyl (C=O) groups is 1. The SMILES string of the molecule is NC(=S)Nc1cccc(Cl)c1N1CCN(C(=O)c2cc(Cl)ccc2Cl)CC1. The van der Waals surface area contributed by atoms with Crippen molar-refractivity contribution in [1.29, 1.82) is 0 Å². The van der Waals surface area contributed by atoms with Crippen LogP contribution in [-0.4, -0.2) is 42.1 Å². The van der Waals surface area contributed by atoms with E-state index in [0.717, 1.165) is 11.4 Å². The molecule has 0 spiro atoms. The van der Waals surface area contributed by atoms with Gasteiger partial charge in [0.25, 0.3) is 5.91 Å². The zero-order valence-corrected chi connectivity index (χ0v) is 17.3. The lowest BCUT2D eigenvalue weighted by Gasteiger charge is -2.37. The molecule has 1 saturated heterocycles. The first kappa shape index (κ1) is 20.0. The largest absolute Gasteiger partial charge is 0.376 e. The van der Waals surface area contributed by atoms with E-state index in [0.29, 0.717) is 46.8 Å². The Labute approximate surface area is 178 Å². The monoisotopic (exact) mass is 442 g/mol. The van der Waals surface area contributed by atoms with Crippen molar-refractivity contribution in [3.8, 4) is 0 Å². The van der Waals surface area contributed by atoms with Crippen LogP contribution in [-0.2, 0) is 0 Å². The van der Waals surface area contributed by atoms with Crippen molar-refractivity contribution in [3.63, 3.8) is 0 Å². The summed E-state index contributed by atoms with van der Waals surface area (Å²) in [4.78, 5) is 16.6. The van der Waals surface area contributed by atoms with Crippen molar-refractivity contribution >= 4 is 69.4 Å². The summed E-state index contributed by atoms with van der Waals surface area (Å²) in [6.07, 6.45) is 0. The highest BCUT2D eigenvalue weighted by molar-refractivity contribution is 7.80. The maximum Gasteiger partial charge on any atom is 0.255 e. The first-order valence-electron chi connectivity index (χ1n) is 8.21. The molecule has 0 aliphatic carbocycles. The standard InChI is InChI=1S/C18H17Cl3N4OS/c19-11-4-5-13(20)12(10-11)17(26)25-8-6-24(7-9-25)16-14(21)2-1-3-15(16)23-18(22)27/h1-5,10H,6-9H2,(H3,22,23,27). The molecule has 2 aromatic rings. The maximum absolute atomic E-state index is 12.8. The summed E-state index contributed by atoms with van der Waals surface area (Å²) < 4.78 is 0. The summed E-state index contributed by atoms with van der Waals surface area (Å²) in [6, 6.07) is 10.4. The molecule has 142 valence electrons. The van der Waals surface area contributed by atoms with Gasteiger partial charge in [0.2, 0.25) is 0 Å². The summed E-state index contributed by atoms with van der Waals surface area (Å²) in [7, 11) is 0. The van der Waals surface area contributed by atoms with Crippen molar-refractivity contribution in [2.24, 2.45) is 5.73 Å². The molecular weight excluding hydrogens is 427 g/mol. The van der Waals surface area contributed by atoms with Gasteiger partial charge in [-0.1, -0.05) is 40.9 Å². The van der Waals surface area contributed by atoms with Crippen LogP contribution in [0.3, 0.4) is 0 Å². The Bertz CT molecular complexity index is 885. The Morgan fingerprint density at radius 1 is 1.04 bits per heavy atom. The Morgan fingerprint density at radius 3 is 2.41 bits per heavy atom. The first-order chi connectivity index (χ1) is 12.9. The number of hydrogen-bond donors (Lipinski definition) is 2. The number of piperazine rings is 1. The summed E-state index contributed by atoms with van der Waals surface area (Å²) >= 11 is 23.5. The van der Waals surface area contributed by atoms with Gasteiger partial charge in [0.05, 0.1) is 27.0 Å². The average molecular weight is 444 g/mol. The Morgan fingerprint density at radius 2 is 1.74 bits per heavy atom. The number of benzene rings is 2. The quantitative estimate of drug-likeness (QED) is 0.694. The smallest absolute Gasteiger partial charge is 0.255 e. The average Bonchev–Trinajstić information content (AvgIpc) is 2.63. The van der Waals surface area contributed by atoms with E-state index in [1.54, 1.807) is 23.1 Å². The van der Waals surface area contributed by atoms with Gasteiger partial charge in [-0.05, 0) is 42.5 Å². The molecule has 1 fully saturated rings. The van der Waals surface area contributed by atoms with Crippen molar-refractivity contribution in [2.75, 3.05) is 36.4 Å². The molecule has 0 aromatic heterocycles. The van der Waals surface area contributed by atoms with Gasteiger partial charge in [0, 0.05) is 31.2 Å². The fraction of sp³-hybridized carbons (Fsp3) is 0.222. The lowest BCUT2D eigenvalue weighted by molar-refractivity contribution is 0.0747. The van der Waals surface area contributed by atoms with Gasteiger partial charge in [0.15, 0.2) is 5.11 Å². The number of para-hydroxylation sites is 1. The minimum atomic E-state index is -0.136. The van der Waals surface area contributed by atoms with Gasteiger partial charge >= 0.3 is 0 Å². The van der Waals surface area contributed by atoms with Crippen molar-refractivity contribution < 1.29 is 4.79 Å². The van der Waals surface area contributed by atoms with Gasteiger partial charge in [-0.3, -0.25) is 4.79 Å². The second-order valence-corrected chi connectivity index (χ2v) is 7.72. The number of nitrogens with two attached hydrogens (primary N) is 1. The molecule has 3 N–H and O–H groups in total. The maximum atomic E-state index is 12.8. The van der Waals surface area contributed by atoms with Gasteiger partial charge in [0.1, 0.15) is 0 Å². The van der Waals surface area contributed by atoms with E-state index in [-0.39, 0.29) is 11.0 Å². The second kappa shape index (κ2) is 8.52. The highest BCUT2D eigenvalue weighted by atomic mass is 35.5. The molecule has 0 unspecified atom stereocenters. The van der Waals surface area contributed by atoms with Gasteiger partial charge in [-0.15, -0.1) is 0 Å². The number of hydrogen-bond acceptors (Lipinski definition) is 3. The summed E-state index contributed by atoms with van der Waals surface area (Å²) in [5.41, 5.74) is 7.58. The van der Waals surface area contributed by atoms with Gasteiger partial charge < -0.3 is 20.9 Å². The third kappa shape index (κ3) is 4.58. The molecule has 3 rings (SSSR count). The molecule has 9 heteroatoms. The Hall–Kier alpha value is -1.73. The fourth-order valence-electron chi connectivity index (χ4n) is 3.04. The zero-order chi connectivity index (χ0) is 19.6. The van der Waals surface area contributed by atoms with Crippen LogP contribution in [0.1, 0.15) is 10.4 Å². The van der Waals surface area contributed by atoms with E-state index in [4.69, 9.17) is 52.8 Å². The number of halogens is 3. The number of carbonyl (C=O) groups excluding carboxylic acids is 1. The minimum absolute atomic E-state index is 0.136. The normalized spacial score (nSPS) is 14.2. The molecule has 5 nitrogen and oxygen atoms in total. The van der Waals surface area contributed by atoms with Crippen molar-refractivity contribution in [2.45, 2.75) is 0 Å².